The zero-order valence-corrected chi connectivity index (χ0v) is 16.4. The molecule has 5 rings (SSSR count). The number of aromatic hydroxyl groups is 1. The molecule has 0 saturated heterocycles. The Hall–Kier alpha value is -3.92. The van der Waals surface area contributed by atoms with Gasteiger partial charge in [-0.25, -0.2) is 0 Å². The van der Waals surface area contributed by atoms with E-state index in [1.807, 2.05) is 59.7 Å². The molecule has 0 aliphatic carbocycles. The molecule has 0 radical (unpaired) electrons. The molecule has 4 aromatic rings. The molecule has 0 bridgehead atoms. The second kappa shape index (κ2) is 7.84. The van der Waals surface area contributed by atoms with Crippen LogP contribution in [0.5, 0.6) is 5.75 Å². The van der Waals surface area contributed by atoms with Gasteiger partial charge in [0.2, 0.25) is 0 Å². The Labute approximate surface area is 175 Å². The van der Waals surface area contributed by atoms with Crippen molar-refractivity contribution >= 4 is 11.4 Å². The van der Waals surface area contributed by atoms with E-state index in [1.165, 1.54) is 5.56 Å². The Bertz CT molecular complexity index is 1170. The fraction of sp³-hybridized carbons (Fsp3) is 0.0769. The van der Waals surface area contributed by atoms with Crippen LogP contribution in [0.15, 0.2) is 108 Å². The summed E-state index contributed by atoms with van der Waals surface area (Å²) in [5.74, 6) is 0.288. The number of aromatic nitrogens is 1. The molecule has 30 heavy (non-hydrogen) atoms. The van der Waals surface area contributed by atoms with Crippen molar-refractivity contribution in [2.45, 2.75) is 12.5 Å². The first-order chi connectivity index (χ1) is 14.8. The van der Waals surface area contributed by atoms with Crippen LogP contribution in [0, 0.1) is 0 Å². The summed E-state index contributed by atoms with van der Waals surface area (Å²) < 4.78 is 0. The summed E-state index contributed by atoms with van der Waals surface area (Å²) in [6.07, 6.45) is 4.30. The predicted octanol–water partition coefficient (Wildman–Crippen LogP) is 5.81. The number of phenolic OH excluding ortho intramolecular Hbond substituents is 1. The van der Waals surface area contributed by atoms with Gasteiger partial charge >= 0.3 is 0 Å². The van der Waals surface area contributed by atoms with Gasteiger partial charge in [0.05, 0.1) is 17.4 Å². The van der Waals surface area contributed by atoms with Crippen LogP contribution in [0.2, 0.25) is 0 Å². The monoisotopic (exact) mass is 391 g/mol. The number of nitrogens with zero attached hydrogens (tertiary/aromatic N) is 3. The maximum absolute atomic E-state index is 10.5. The first-order valence-electron chi connectivity index (χ1n) is 10.00. The van der Waals surface area contributed by atoms with E-state index in [4.69, 9.17) is 5.10 Å². The second-order valence-electron chi connectivity index (χ2n) is 7.32. The minimum atomic E-state index is -0.0796. The molecular weight excluding hydrogens is 370 g/mol. The number of hydrazone groups is 1. The van der Waals surface area contributed by atoms with Gasteiger partial charge in [0.1, 0.15) is 5.75 Å². The molecule has 1 unspecified atom stereocenters. The SMILES string of the molecule is Oc1ccccc1C1CC(c2cccnc2)=NN1c1ccc(-c2ccccc2)cc1. The number of hydrogen-bond donors (Lipinski definition) is 1. The van der Waals surface area contributed by atoms with Crippen LogP contribution < -0.4 is 5.01 Å². The molecule has 4 heteroatoms. The topological polar surface area (TPSA) is 48.7 Å². The van der Waals surface area contributed by atoms with Gasteiger partial charge in [-0.15, -0.1) is 0 Å². The van der Waals surface area contributed by atoms with Crippen molar-refractivity contribution in [2.75, 3.05) is 5.01 Å². The summed E-state index contributed by atoms with van der Waals surface area (Å²) in [6.45, 7) is 0. The van der Waals surface area contributed by atoms with Crippen molar-refractivity contribution in [2.24, 2.45) is 5.10 Å². The zero-order valence-electron chi connectivity index (χ0n) is 16.4. The van der Waals surface area contributed by atoms with Gasteiger partial charge < -0.3 is 5.11 Å². The van der Waals surface area contributed by atoms with Crippen molar-refractivity contribution in [1.29, 1.82) is 0 Å². The predicted molar refractivity (Wildman–Crippen MR) is 121 cm³/mol. The molecule has 3 aromatic carbocycles. The fourth-order valence-corrected chi connectivity index (χ4v) is 3.91. The van der Waals surface area contributed by atoms with Crippen LogP contribution in [0.4, 0.5) is 5.69 Å². The van der Waals surface area contributed by atoms with Crippen LogP contribution in [0.3, 0.4) is 0 Å². The smallest absolute Gasteiger partial charge is 0.120 e. The molecule has 0 amide bonds. The first kappa shape index (κ1) is 18.1. The fourth-order valence-electron chi connectivity index (χ4n) is 3.91. The normalized spacial score (nSPS) is 15.8. The van der Waals surface area contributed by atoms with Gasteiger partial charge in [0.25, 0.3) is 0 Å². The molecular formula is C26H21N3O. The maximum atomic E-state index is 10.5. The van der Waals surface area contributed by atoms with E-state index in [-0.39, 0.29) is 11.8 Å². The standard InChI is InChI=1S/C26H21N3O/c30-26-11-5-4-10-23(26)25-17-24(21-9-6-16-27-18-21)28-29(25)22-14-12-20(13-15-22)19-7-2-1-3-8-19/h1-16,18,25,30H,17H2. The third-order valence-corrected chi connectivity index (χ3v) is 5.44. The number of para-hydroxylation sites is 1. The molecule has 1 N–H and O–H groups in total. The number of benzene rings is 3. The van der Waals surface area contributed by atoms with Crippen molar-refractivity contribution in [3.8, 4) is 16.9 Å². The molecule has 1 aromatic heterocycles. The summed E-state index contributed by atoms with van der Waals surface area (Å²) in [5, 5.41) is 17.4. The molecule has 2 heterocycles. The Morgan fingerprint density at radius 1 is 0.733 bits per heavy atom. The zero-order chi connectivity index (χ0) is 20.3. The first-order valence-corrected chi connectivity index (χ1v) is 10.00. The molecule has 0 saturated carbocycles. The Morgan fingerprint density at radius 2 is 1.43 bits per heavy atom. The average Bonchev–Trinajstić information content (AvgIpc) is 3.26. The van der Waals surface area contributed by atoms with Gasteiger partial charge in [0, 0.05) is 29.9 Å². The molecule has 0 spiro atoms. The number of pyridine rings is 1. The second-order valence-corrected chi connectivity index (χ2v) is 7.32. The van der Waals surface area contributed by atoms with Crippen molar-refractivity contribution in [3.63, 3.8) is 0 Å². The third kappa shape index (κ3) is 3.44. The van der Waals surface area contributed by atoms with Crippen LogP contribution in [-0.2, 0) is 0 Å². The summed E-state index contributed by atoms with van der Waals surface area (Å²) in [5.41, 5.74) is 6.16. The van der Waals surface area contributed by atoms with E-state index < -0.39 is 0 Å². The van der Waals surface area contributed by atoms with Crippen molar-refractivity contribution in [1.82, 2.24) is 4.98 Å². The van der Waals surface area contributed by atoms with Gasteiger partial charge in [0.15, 0.2) is 0 Å². The number of phenols is 1. The quantitative estimate of drug-likeness (QED) is 0.478. The molecule has 0 fully saturated rings. The van der Waals surface area contributed by atoms with Gasteiger partial charge in [-0.2, -0.15) is 5.10 Å². The maximum Gasteiger partial charge on any atom is 0.120 e. The average molecular weight is 391 g/mol. The highest BCUT2D eigenvalue weighted by atomic mass is 16.3. The summed E-state index contributed by atoms with van der Waals surface area (Å²) in [6, 6.07) is 30.1. The van der Waals surface area contributed by atoms with Crippen LogP contribution in [-0.4, -0.2) is 15.8 Å². The van der Waals surface area contributed by atoms with E-state index in [2.05, 4.69) is 41.4 Å². The van der Waals surface area contributed by atoms with Crippen LogP contribution >= 0.6 is 0 Å². The number of rotatable bonds is 4. The molecule has 1 aliphatic heterocycles. The van der Waals surface area contributed by atoms with Gasteiger partial charge in [-0.05, 0) is 35.4 Å². The van der Waals surface area contributed by atoms with E-state index in [9.17, 15) is 5.11 Å². The molecule has 1 aliphatic rings. The lowest BCUT2D eigenvalue weighted by molar-refractivity contribution is 0.461. The Balaban J connectivity index is 1.54. The summed E-state index contributed by atoms with van der Waals surface area (Å²) in [4.78, 5) is 4.24. The van der Waals surface area contributed by atoms with Gasteiger partial charge in [-0.3, -0.25) is 9.99 Å². The van der Waals surface area contributed by atoms with E-state index >= 15 is 0 Å². The lowest BCUT2D eigenvalue weighted by Crippen LogP contribution is -2.18. The molecule has 4 nitrogen and oxygen atoms in total. The minimum Gasteiger partial charge on any atom is -0.508 e. The number of anilines is 1. The lowest BCUT2D eigenvalue weighted by atomic mass is 9.98. The highest BCUT2D eigenvalue weighted by Gasteiger charge is 2.31. The Kier molecular flexibility index (Phi) is 4.74. The van der Waals surface area contributed by atoms with Gasteiger partial charge in [-0.1, -0.05) is 66.7 Å². The molecule has 1 atom stereocenters. The van der Waals surface area contributed by atoms with Crippen molar-refractivity contribution < 1.29 is 5.11 Å². The highest BCUT2D eigenvalue weighted by Crippen LogP contribution is 2.40. The van der Waals surface area contributed by atoms with Crippen LogP contribution in [0.1, 0.15) is 23.6 Å². The van der Waals surface area contributed by atoms with Crippen molar-refractivity contribution in [3.05, 3.63) is 115 Å². The minimum absolute atomic E-state index is 0.0796. The number of hydrogen-bond acceptors (Lipinski definition) is 4. The third-order valence-electron chi connectivity index (χ3n) is 5.44. The lowest BCUT2D eigenvalue weighted by Gasteiger charge is -2.24. The largest absolute Gasteiger partial charge is 0.508 e. The summed E-state index contributed by atoms with van der Waals surface area (Å²) >= 11 is 0. The van der Waals surface area contributed by atoms with E-state index in [0.29, 0.717) is 6.42 Å². The molecule has 146 valence electrons. The Morgan fingerprint density at radius 3 is 2.17 bits per heavy atom. The highest BCUT2D eigenvalue weighted by molar-refractivity contribution is 6.03. The summed E-state index contributed by atoms with van der Waals surface area (Å²) in [7, 11) is 0. The van der Waals surface area contributed by atoms with E-state index in [1.54, 1.807) is 12.3 Å². The van der Waals surface area contributed by atoms with E-state index in [0.717, 1.165) is 28.1 Å². The van der Waals surface area contributed by atoms with Crippen LogP contribution in [0.25, 0.3) is 11.1 Å².